The summed E-state index contributed by atoms with van der Waals surface area (Å²) in [6.07, 6.45) is 3.25. The van der Waals surface area contributed by atoms with Gasteiger partial charge in [0.15, 0.2) is 5.43 Å². The van der Waals surface area contributed by atoms with Gasteiger partial charge in [-0.15, -0.1) is 5.10 Å². The van der Waals surface area contributed by atoms with Gasteiger partial charge in [-0.25, -0.2) is 4.79 Å². The van der Waals surface area contributed by atoms with Gasteiger partial charge in [0.1, 0.15) is 22.4 Å². The van der Waals surface area contributed by atoms with Crippen molar-refractivity contribution in [3.8, 4) is 17.3 Å². The number of hydrogen-bond donors (Lipinski definition) is 2. The molecule has 0 saturated heterocycles. The van der Waals surface area contributed by atoms with E-state index in [0.717, 1.165) is 12.8 Å². The average Bonchev–Trinajstić information content (AvgIpc) is 2.91. The van der Waals surface area contributed by atoms with Gasteiger partial charge in [-0.3, -0.25) is 9.48 Å². The van der Waals surface area contributed by atoms with Crippen LogP contribution < -0.4 is 15.5 Å². The number of nitrogens with one attached hydrogen (secondary N) is 1. The summed E-state index contributed by atoms with van der Waals surface area (Å²) in [6.45, 7) is 6.71. The van der Waals surface area contributed by atoms with E-state index in [2.05, 4.69) is 31.2 Å². The molecule has 8 nitrogen and oxygen atoms in total. The van der Waals surface area contributed by atoms with Crippen LogP contribution in [-0.2, 0) is 6.54 Å². The average molecular weight is 421 g/mol. The minimum absolute atomic E-state index is 0.0527. The number of hydrogen-bond acceptors (Lipinski definition) is 5. The molecule has 0 aromatic carbocycles. The number of rotatable bonds is 4. The number of carbonyl (C=O) groups is 1. The maximum atomic E-state index is 12.4. The highest BCUT2D eigenvalue weighted by Gasteiger charge is 2.38. The number of aromatic nitrogens is 3. The van der Waals surface area contributed by atoms with Gasteiger partial charge in [0.25, 0.3) is 5.88 Å². The summed E-state index contributed by atoms with van der Waals surface area (Å²) in [4.78, 5) is 23.9. The van der Waals surface area contributed by atoms with Gasteiger partial charge in [-0.1, -0.05) is 32.4 Å². The molecular formula is C20H25ClN4O4. The molecule has 0 radical (unpaired) electrons. The molecular weight excluding hydrogens is 396 g/mol. The van der Waals surface area contributed by atoms with E-state index in [-0.39, 0.29) is 23.1 Å². The summed E-state index contributed by atoms with van der Waals surface area (Å²) in [6, 6.07) is 1.67. The summed E-state index contributed by atoms with van der Waals surface area (Å²) < 4.78 is 9.63. The van der Waals surface area contributed by atoms with Gasteiger partial charge in [-0.2, -0.15) is 0 Å². The van der Waals surface area contributed by atoms with Crippen LogP contribution in [0.3, 0.4) is 0 Å². The fourth-order valence-electron chi connectivity index (χ4n) is 4.03. The Morgan fingerprint density at radius 1 is 1.38 bits per heavy atom. The van der Waals surface area contributed by atoms with Crippen LogP contribution in [-0.4, -0.2) is 44.6 Å². The van der Waals surface area contributed by atoms with Gasteiger partial charge in [0.2, 0.25) is 0 Å². The van der Waals surface area contributed by atoms with Gasteiger partial charge in [0.05, 0.1) is 18.3 Å². The van der Waals surface area contributed by atoms with Crippen molar-refractivity contribution >= 4 is 17.6 Å². The molecule has 2 aromatic rings. The first kappa shape index (κ1) is 20.0. The fraction of sp³-hybridized carbons (Fsp3) is 0.550. The third-order valence-electron chi connectivity index (χ3n) is 5.88. The second-order valence-electron chi connectivity index (χ2n) is 8.88. The molecule has 4 rings (SSSR count). The second-order valence-corrected chi connectivity index (χ2v) is 9.26. The summed E-state index contributed by atoms with van der Waals surface area (Å²) in [5.74, 6) is -0.881. The Morgan fingerprint density at radius 2 is 2.07 bits per heavy atom. The van der Waals surface area contributed by atoms with Gasteiger partial charge < -0.3 is 19.7 Å². The van der Waals surface area contributed by atoms with Crippen molar-refractivity contribution in [1.29, 1.82) is 0 Å². The Labute approximate surface area is 173 Å². The summed E-state index contributed by atoms with van der Waals surface area (Å²) >= 11 is 6.63. The lowest BCUT2D eigenvalue weighted by molar-refractivity contribution is 0.0693. The molecule has 156 valence electrons. The number of carboxylic acid groups (broad SMARTS) is 1. The van der Waals surface area contributed by atoms with E-state index in [1.807, 2.05) is 11.6 Å². The topological polar surface area (TPSA) is 98.4 Å². The Morgan fingerprint density at radius 3 is 2.66 bits per heavy atom. The highest BCUT2D eigenvalue weighted by atomic mass is 35.5. The van der Waals surface area contributed by atoms with Crippen molar-refractivity contribution in [3.05, 3.63) is 33.1 Å². The molecule has 0 bridgehead atoms. The van der Waals surface area contributed by atoms with Gasteiger partial charge >= 0.3 is 5.97 Å². The van der Waals surface area contributed by atoms with E-state index in [9.17, 15) is 14.7 Å². The third-order valence-corrected chi connectivity index (χ3v) is 6.22. The maximum absolute atomic E-state index is 12.4. The van der Waals surface area contributed by atoms with Crippen LogP contribution in [0.15, 0.2) is 17.1 Å². The molecule has 2 N–H and O–H groups in total. The molecule has 1 aliphatic carbocycles. The zero-order valence-electron chi connectivity index (χ0n) is 16.9. The molecule has 9 heteroatoms. The number of nitrogens with zero attached hydrogens (tertiary/aromatic N) is 3. The molecule has 1 atom stereocenters. The van der Waals surface area contributed by atoms with Crippen LogP contribution >= 0.6 is 11.6 Å². The van der Waals surface area contributed by atoms with E-state index in [1.165, 1.54) is 12.3 Å². The third kappa shape index (κ3) is 3.34. The molecule has 0 amide bonds. The van der Waals surface area contributed by atoms with E-state index in [4.69, 9.17) is 16.3 Å². The molecule has 0 unspecified atom stereocenters. The quantitative estimate of drug-likeness (QED) is 0.789. The summed E-state index contributed by atoms with van der Waals surface area (Å²) in [5.41, 5.74) is 0.127. The number of carboxylic acids is 1. The van der Waals surface area contributed by atoms with Crippen molar-refractivity contribution < 1.29 is 14.6 Å². The Kier molecular flexibility index (Phi) is 4.74. The van der Waals surface area contributed by atoms with Crippen LogP contribution in [0.2, 0.25) is 5.02 Å². The zero-order chi connectivity index (χ0) is 21.1. The number of ether oxygens (including phenoxy) is 1. The van der Waals surface area contributed by atoms with Crippen molar-refractivity contribution in [3.63, 3.8) is 0 Å². The highest BCUT2D eigenvalue weighted by Crippen LogP contribution is 2.44. The van der Waals surface area contributed by atoms with Crippen LogP contribution in [0, 0.1) is 5.41 Å². The van der Waals surface area contributed by atoms with Gasteiger partial charge in [-0.05, 0) is 25.3 Å². The molecule has 0 spiro atoms. The monoisotopic (exact) mass is 420 g/mol. The molecule has 1 saturated carbocycles. The first-order valence-corrected chi connectivity index (χ1v) is 10.1. The lowest BCUT2D eigenvalue weighted by atomic mass is 9.85. The first-order chi connectivity index (χ1) is 13.6. The zero-order valence-corrected chi connectivity index (χ0v) is 17.7. The largest absolute Gasteiger partial charge is 0.477 e. The lowest BCUT2D eigenvalue weighted by Gasteiger charge is -2.38. The Bertz CT molecular complexity index is 1030. The summed E-state index contributed by atoms with van der Waals surface area (Å²) in [5, 5.41) is 17.5. The number of halogens is 1. The molecule has 1 fully saturated rings. The molecule has 29 heavy (non-hydrogen) atoms. The fourth-order valence-corrected chi connectivity index (χ4v) is 4.30. The van der Waals surface area contributed by atoms with Crippen molar-refractivity contribution in [1.82, 2.24) is 19.7 Å². The first-order valence-electron chi connectivity index (χ1n) is 9.70. The SMILES string of the molecule is CNC1CC(Oc2nn3c(c2Cl)-c2cc(=O)c(C(=O)O)cn2[C@H](C(C)(C)C)C3)C1. The Balaban J connectivity index is 1.80. The normalized spacial score (nSPS) is 23.1. The van der Waals surface area contributed by atoms with Crippen LogP contribution in [0.25, 0.3) is 11.4 Å². The van der Waals surface area contributed by atoms with Crippen LogP contribution in [0.4, 0.5) is 0 Å². The molecule has 2 aromatic heterocycles. The number of fused-ring (bicyclic) bond motifs is 3. The van der Waals surface area contributed by atoms with Crippen LogP contribution in [0.1, 0.15) is 50.0 Å². The van der Waals surface area contributed by atoms with E-state index in [1.54, 1.807) is 4.68 Å². The standard InChI is InChI=1S/C20H25ClN4O4/c1-20(2,3)15-9-25-17(13-7-14(26)12(19(27)28)8-24(13)15)16(21)18(23-25)29-11-5-10(6-11)22-4/h7-8,10-11,15,22H,5-6,9H2,1-4H3,(H,27,28)/t10?,11?,15-/m0/s1. The smallest absolute Gasteiger partial charge is 0.341 e. The predicted octanol–water partition coefficient (Wildman–Crippen LogP) is 2.79. The number of pyridine rings is 1. The minimum Gasteiger partial charge on any atom is -0.477 e. The highest BCUT2D eigenvalue weighted by molar-refractivity contribution is 6.34. The van der Waals surface area contributed by atoms with Crippen molar-refractivity contribution in [2.75, 3.05) is 7.05 Å². The predicted molar refractivity (Wildman–Crippen MR) is 109 cm³/mol. The van der Waals surface area contributed by atoms with Crippen molar-refractivity contribution in [2.45, 2.75) is 58.3 Å². The molecule has 1 aliphatic heterocycles. The maximum Gasteiger partial charge on any atom is 0.341 e. The molecule has 2 aliphatic rings. The van der Waals surface area contributed by atoms with Crippen molar-refractivity contribution in [2.24, 2.45) is 5.41 Å². The lowest BCUT2D eigenvalue weighted by Crippen LogP contribution is -2.45. The Hall–Kier alpha value is -2.32. The van der Waals surface area contributed by atoms with Gasteiger partial charge in [0, 0.05) is 18.3 Å². The van der Waals surface area contributed by atoms with E-state index < -0.39 is 11.4 Å². The van der Waals surface area contributed by atoms with E-state index >= 15 is 0 Å². The molecule has 3 heterocycles. The number of aromatic carboxylic acids is 1. The summed E-state index contributed by atoms with van der Waals surface area (Å²) in [7, 11) is 1.93. The van der Waals surface area contributed by atoms with Crippen LogP contribution in [0.5, 0.6) is 5.88 Å². The minimum atomic E-state index is -1.24. The second kappa shape index (κ2) is 6.88. The van der Waals surface area contributed by atoms with E-state index in [0.29, 0.717) is 34.9 Å².